The third-order valence-electron chi connectivity index (χ3n) is 3.28. The lowest BCUT2D eigenvalue weighted by Crippen LogP contribution is -2.14. The summed E-state index contributed by atoms with van der Waals surface area (Å²) in [4.78, 5) is 12.4. The van der Waals surface area contributed by atoms with Gasteiger partial charge in [-0.05, 0) is 65.2 Å². The number of methoxy groups -OCH3 is 1. The van der Waals surface area contributed by atoms with Crippen molar-refractivity contribution in [2.24, 2.45) is 0 Å². The monoisotopic (exact) mass is 348 g/mol. The molecule has 21 heavy (non-hydrogen) atoms. The van der Waals surface area contributed by atoms with Crippen LogP contribution in [0, 0.1) is 13.8 Å². The highest BCUT2D eigenvalue weighted by molar-refractivity contribution is 9.10. The highest BCUT2D eigenvalue weighted by atomic mass is 79.9. The molecule has 0 unspecified atom stereocenters. The first-order valence-electron chi connectivity index (χ1n) is 6.44. The molecule has 3 N–H and O–H groups in total. The summed E-state index contributed by atoms with van der Waals surface area (Å²) in [5.41, 5.74) is 9.73. The van der Waals surface area contributed by atoms with Gasteiger partial charge in [0.25, 0.3) is 5.91 Å². The van der Waals surface area contributed by atoms with Crippen LogP contribution in [0.5, 0.6) is 5.75 Å². The molecule has 0 saturated carbocycles. The van der Waals surface area contributed by atoms with Crippen LogP contribution in [0.4, 0.5) is 11.4 Å². The summed E-state index contributed by atoms with van der Waals surface area (Å²) >= 11 is 3.38. The van der Waals surface area contributed by atoms with E-state index in [1.165, 1.54) is 0 Å². The molecule has 0 fully saturated rings. The third-order valence-corrected chi connectivity index (χ3v) is 3.97. The van der Waals surface area contributed by atoms with Crippen LogP contribution in [-0.4, -0.2) is 13.0 Å². The molecule has 0 bridgehead atoms. The minimum absolute atomic E-state index is 0.216. The number of carbonyl (C=O) groups is 1. The first-order valence-corrected chi connectivity index (χ1v) is 7.23. The maximum atomic E-state index is 12.4. The first-order chi connectivity index (χ1) is 9.92. The van der Waals surface area contributed by atoms with E-state index >= 15 is 0 Å². The number of nitrogens with one attached hydrogen (secondary N) is 1. The molecule has 0 atom stereocenters. The van der Waals surface area contributed by atoms with Crippen LogP contribution < -0.4 is 15.8 Å². The van der Waals surface area contributed by atoms with Crippen molar-refractivity contribution in [3.8, 4) is 5.75 Å². The maximum absolute atomic E-state index is 12.4. The Labute approximate surface area is 132 Å². The molecule has 2 aromatic carbocycles. The zero-order chi connectivity index (χ0) is 15.6. The average molecular weight is 349 g/mol. The highest BCUT2D eigenvalue weighted by Crippen LogP contribution is 2.26. The van der Waals surface area contributed by atoms with E-state index < -0.39 is 0 Å². The van der Waals surface area contributed by atoms with Crippen LogP contribution in [-0.2, 0) is 0 Å². The predicted molar refractivity (Wildman–Crippen MR) is 89.0 cm³/mol. The molecule has 0 aliphatic carbocycles. The lowest BCUT2D eigenvalue weighted by Gasteiger charge is -2.12. The van der Waals surface area contributed by atoms with Gasteiger partial charge in [-0.3, -0.25) is 4.79 Å². The lowest BCUT2D eigenvalue weighted by atomic mass is 10.1. The Bertz CT molecular complexity index is 699. The van der Waals surface area contributed by atoms with Crippen molar-refractivity contribution < 1.29 is 9.53 Å². The molecular weight excluding hydrogens is 332 g/mol. The van der Waals surface area contributed by atoms with Crippen molar-refractivity contribution in [1.82, 2.24) is 0 Å². The Balaban J connectivity index is 2.32. The minimum Gasteiger partial charge on any atom is -0.497 e. The van der Waals surface area contributed by atoms with Crippen molar-refractivity contribution in [1.29, 1.82) is 0 Å². The second-order valence-corrected chi connectivity index (χ2v) is 5.68. The number of hydrogen-bond donors (Lipinski definition) is 2. The molecule has 2 aromatic rings. The number of carbonyl (C=O) groups excluding carboxylic acids is 1. The fourth-order valence-corrected chi connectivity index (χ4v) is 2.43. The fraction of sp³-hybridized carbons (Fsp3) is 0.188. The molecular formula is C16H17BrN2O2. The van der Waals surface area contributed by atoms with Crippen LogP contribution >= 0.6 is 15.9 Å². The number of aryl methyl sites for hydroxylation is 2. The van der Waals surface area contributed by atoms with Crippen LogP contribution in [0.15, 0.2) is 34.8 Å². The number of halogens is 1. The van der Waals surface area contributed by atoms with Gasteiger partial charge in [0.05, 0.1) is 12.7 Å². The minimum atomic E-state index is -0.216. The Hall–Kier alpha value is -2.01. The summed E-state index contributed by atoms with van der Waals surface area (Å²) in [6, 6.07) is 8.98. The van der Waals surface area contributed by atoms with Gasteiger partial charge in [0.1, 0.15) is 5.75 Å². The number of anilines is 2. The maximum Gasteiger partial charge on any atom is 0.256 e. The van der Waals surface area contributed by atoms with E-state index in [0.717, 1.165) is 11.1 Å². The molecule has 2 rings (SSSR count). The average Bonchev–Trinajstić information content (AvgIpc) is 2.45. The smallest absolute Gasteiger partial charge is 0.256 e. The molecule has 0 aromatic heterocycles. The van der Waals surface area contributed by atoms with Gasteiger partial charge in [0.15, 0.2) is 0 Å². The second-order valence-electron chi connectivity index (χ2n) is 4.82. The summed E-state index contributed by atoms with van der Waals surface area (Å²) in [5, 5.41) is 2.88. The fourth-order valence-electron chi connectivity index (χ4n) is 2.00. The molecule has 1 amide bonds. The largest absolute Gasteiger partial charge is 0.497 e. The van der Waals surface area contributed by atoms with Crippen LogP contribution in [0.25, 0.3) is 0 Å². The van der Waals surface area contributed by atoms with Crippen LogP contribution in [0.2, 0.25) is 0 Å². The van der Waals surface area contributed by atoms with E-state index in [4.69, 9.17) is 10.5 Å². The van der Waals surface area contributed by atoms with Gasteiger partial charge in [-0.2, -0.15) is 0 Å². The summed E-state index contributed by atoms with van der Waals surface area (Å²) in [5.74, 6) is 0.413. The third kappa shape index (κ3) is 3.36. The number of rotatable bonds is 3. The zero-order valence-corrected chi connectivity index (χ0v) is 13.7. The van der Waals surface area contributed by atoms with E-state index in [1.807, 2.05) is 19.9 Å². The van der Waals surface area contributed by atoms with E-state index in [9.17, 15) is 4.79 Å². The molecule has 4 nitrogen and oxygen atoms in total. The van der Waals surface area contributed by atoms with Crippen molar-refractivity contribution in [2.45, 2.75) is 13.8 Å². The molecule has 0 heterocycles. The van der Waals surface area contributed by atoms with E-state index in [0.29, 0.717) is 27.2 Å². The van der Waals surface area contributed by atoms with Crippen molar-refractivity contribution >= 4 is 33.2 Å². The van der Waals surface area contributed by atoms with Gasteiger partial charge in [0.2, 0.25) is 0 Å². The quantitative estimate of drug-likeness (QED) is 0.826. The summed E-state index contributed by atoms with van der Waals surface area (Å²) in [6.45, 7) is 3.87. The van der Waals surface area contributed by atoms with Crippen LogP contribution in [0.3, 0.4) is 0 Å². The van der Waals surface area contributed by atoms with Crippen molar-refractivity contribution in [2.75, 3.05) is 18.2 Å². The van der Waals surface area contributed by atoms with Gasteiger partial charge in [-0.1, -0.05) is 6.07 Å². The van der Waals surface area contributed by atoms with Crippen molar-refractivity contribution in [3.05, 3.63) is 51.5 Å². The standard InChI is InChI=1S/C16H17BrN2O2/c1-9-6-10(2)15(8-14(9)18)19-16(20)12-7-11(21-3)4-5-13(12)17/h4-8H,18H2,1-3H3,(H,19,20). The number of ether oxygens (including phenoxy) is 1. The summed E-state index contributed by atoms with van der Waals surface area (Å²) < 4.78 is 5.85. The molecule has 110 valence electrons. The number of nitrogen functional groups attached to an aromatic ring is 1. The molecule has 0 spiro atoms. The van der Waals surface area contributed by atoms with Gasteiger partial charge in [-0.15, -0.1) is 0 Å². The normalized spacial score (nSPS) is 10.3. The topological polar surface area (TPSA) is 64.3 Å². The second kappa shape index (κ2) is 6.18. The van der Waals surface area contributed by atoms with E-state index in [1.54, 1.807) is 31.4 Å². The first kappa shape index (κ1) is 15.4. The molecule has 5 heteroatoms. The SMILES string of the molecule is COc1ccc(Br)c(C(=O)Nc2cc(N)c(C)cc2C)c1. The lowest BCUT2D eigenvalue weighted by molar-refractivity contribution is 0.102. The molecule has 0 aliphatic heterocycles. The van der Waals surface area contributed by atoms with Gasteiger partial charge < -0.3 is 15.8 Å². The van der Waals surface area contributed by atoms with Crippen LogP contribution in [0.1, 0.15) is 21.5 Å². The van der Waals surface area contributed by atoms with Crippen molar-refractivity contribution in [3.63, 3.8) is 0 Å². The number of hydrogen-bond acceptors (Lipinski definition) is 3. The highest BCUT2D eigenvalue weighted by Gasteiger charge is 2.13. The summed E-state index contributed by atoms with van der Waals surface area (Å²) in [6.07, 6.45) is 0. The molecule has 0 radical (unpaired) electrons. The predicted octanol–water partition coefficient (Wildman–Crippen LogP) is 3.91. The molecule has 0 saturated heterocycles. The Morgan fingerprint density at radius 2 is 1.90 bits per heavy atom. The Morgan fingerprint density at radius 3 is 2.57 bits per heavy atom. The molecule has 0 aliphatic rings. The Kier molecular flexibility index (Phi) is 4.53. The summed E-state index contributed by atoms with van der Waals surface area (Å²) in [7, 11) is 1.57. The number of nitrogens with two attached hydrogens (primary N) is 1. The number of amides is 1. The van der Waals surface area contributed by atoms with Gasteiger partial charge in [-0.25, -0.2) is 0 Å². The van der Waals surface area contributed by atoms with Gasteiger partial charge in [0, 0.05) is 15.8 Å². The van der Waals surface area contributed by atoms with Gasteiger partial charge >= 0.3 is 0 Å². The zero-order valence-electron chi connectivity index (χ0n) is 12.2. The van der Waals surface area contributed by atoms with E-state index in [2.05, 4.69) is 21.2 Å². The number of benzene rings is 2. The Morgan fingerprint density at radius 1 is 1.19 bits per heavy atom. The van der Waals surface area contributed by atoms with E-state index in [-0.39, 0.29) is 5.91 Å².